The van der Waals surface area contributed by atoms with Crippen LogP contribution in [0.3, 0.4) is 0 Å². The predicted octanol–water partition coefficient (Wildman–Crippen LogP) is 4.31. The topological polar surface area (TPSA) is 34.1 Å². The summed E-state index contributed by atoms with van der Waals surface area (Å²) in [5, 5.41) is 0.937. The molecule has 0 N–H and O–H groups in total. The van der Waals surface area contributed by atoms with Gasteiger partial charge in [0.05, 0.1) is 20.5 Å². The summed E-state index contributed by atoms with van der Waals surface area (Å²) in [5.41, 5.74) is 0.425. The van der Waals surface area contributed by atoms with Gasteiger partial charge in [-0.3, -0.25) is 0 Å². The van der Waals surface area contributed by atoms with Crippen LogP contribution in [0, 0.1) is 5.41 Å². The van der Waals surface area contributed by atoms with Gasteiger partial charge in [0.25, 0.3) is 0 Å². The van der Waals surface area contributed by atoms with Crippen molar-refractivity contribution in [2.45, 2.75) is 38.4 Å². The second-order valence-corrected chi connectivity index (χ2v) is 9.58. The molecule has 1 aromatic carbocycles. The molecule has 0 bridgehead atoms. The highest BCUT2D eigenvalue weighted by atomic mass is 35.5. The largest absolute Gasteiger partial charge is 0.228 e. The van der Waals surface area contributed by atoms with E-state index in [0.29, 0.717) is 10.0 Å². The molecule has 0 radical (unpaired) electrons. The van der Waals surface area contributed by atoms with Crippen molar-refractivity contribution in [1.82, 2.24) is 0 Å². The molecule has 1 aromatic rings. The summed E-state index contributed by atoms with van der Waals surface area (Å²) in [7, 11) is -3.16. The lowest BCUT2D eigenvalue weighted by Crippen LogP contribution is -2.41. The van der Waals surface area contributed by atoms with Gasteiger partial charge in [-0.2, -0.15) is 0 Å². The predicted molar refractivity (Wildman–Crippen MR) is 80.8 cm³/mol. The molecular weight excluding hydrogens is 303 g/mol. The van der Waals surface area contributed by atoms with E-state index in [1.54, 1.807) is 19.9 Å². The lowest BCUT2D eigenvalue weighted by molar-refractivity contribution is 0.251. The second kappa shape index (κ2) is 4.37. The molecule has 2 rings (SSSR count). The third-order valence-electron chi connectivity index (χ3n) is 4.94. The molecule has 1 unspecified atom stereocenters. The van der Waals surface area contributed by atoms with Crippen LogP contribution in [0.1, 0.15) is 39.2 Å². The molecule has 19 heavy (non-hydrogen) atoms. The first-order valence-corrected chi connectivity index (χ1v) is 8.59. The molecule has 0 amide bonds. The number of hydrogen-bond acceptors (Lipinski definition) is 2. The third kappa shape index (κ3) is 2.01. The third-order valence-corrected chi connectivity index (χ3v) is 8.63. The maximum absolute atomic E-state index is 12.4. The Morgan fingerprint density at radius 1 is 1.16 bits per heavy atom. The van der Waals surface area contributed by atoms with E-state index in [9.17, 15) is 8.42 Å². The van der Waals surface area contributed by atoms with Crippen LogP contribution in [-0.2, 0) is 9.84 Å². The van der Waals surface area contributed by atoms with Crippen molar-refractivity contribution in [3.63, 3.8) is 0 Å². The smallest absolute Gasteiger partial charge is 0.156 e. The molecule has 0 saturated carbocycles. The van der Waals surface area contributed by atoms with E-state index in [4.69, 9.17) is 23.2 Å². The van der Waals surface area contributed by atoms with Crippen LogP contribution in [0.15, 0.2) is 18.2 Å². The van der Waals surface area contributed by atoms with E-state index < -0.39 is 20.0 Å². The van der Waals surface area contributed by atoms with Crippen molar-refractivity contribution in [3.05, 3.63) is 33.8 Å². The SMILES string of the molecule is CC1(C)C(c2cccc(Cl)c2Cl)CS(=O)(=O)C1(C)C. The first kappa shape index (κ1) is 15.1. The number of hydrogen-bond donors (Lipinski definition) is 0. The Kier molecular flexibility index (Phi) is 3.48. The highest BCUT2D eigenvalue weighted by Gasteiger charge is 2.59. The van der Waals surface area contributed by atoms with E-state index in [1.165, 1.54) is 0 Å². The first-order chi connectivity index (χ1) is 8.52. The summed E-state index contributed by atoms with van der Waals surface area (Å²) in [6.45, 7) is 7.56. The average molecular weight is 321 g/mol. The summed E-state index contributed by atoms with van der Waals surface area (Å²) in [6.07, 6.45) is 0. The molecule has 2 nitrogen and oxygen atoms in total. The molecule has 1 heterocycles. The van der Waals surface area contributed by atoms with Gasteiger partial charge in [-0.1, -0.05) is 49.2 Å². The summed E-state index contributed by atoms with van der Waals surface area (Å²) in [5.74, 6) is -0.0220. The van der Waals surface area contributed by atoms with Gasteiger partial charge in [0.1, 0.15) is 0 Å². The summed E-state index contributed by atoms with van der Waals surface area (Å²) in [6, 6.07) is 5.41. The van der Waals surface area contributed by atoms with Crippen molar-refractivity contribution in [1.29, 1.82) is 0 Å². The minimum Gasteiger partial charge on any atom is -0.228 e. The van der Waals surface area contributed by atoms with Gasteiger partial charge in [-0.05, 0) is 30.9 Å². The normalized spacial score (nSPS) is 27.4. The Labute approximate surface area is 125 Å². The molecular formula is C14H18Cl2O2S. The Bertz CT molecular complexity index is 618. The van der Waals surface area contributed by atoms with E-state index in [-0.39, 0.29) is 11.7 Å². The molecule has 0 spiro atoms. The van der Waals surface area contributed by atoms with E-state index in [1.807, 2.05) is 26.0 Å². The molecule has 1 atom stereocenters. The second-order valence-electron chi connectivity index (χ2n) is 6.21. The van der Waals surface area contributed by atoms with Crippen molar-refractivity contribution in [2.24, 2.45) is 5.41 Å². The van der Waals surface area contributed by atoms with Crippen molar-refractivity contribution >= 4 is 33.0 Å². The van der Waals surface area contributed by atoms with Gasteiger partial charge >= 0.3 is 0 Å². The molecule has 106 valence electrons. The molecule has 1 fully saturated rings. The van der Waals surface area contributed by atoms with Gasteiger partial charge in [-0.25, -0.2) is 8.42 Å². The Balaban J connectivity index is 2.63. The van der Waals surface area contributed by atoms with Crippen molar-refractivity contribution in [3.8, 4) is 0 Å². The van der Waals surface area contributed by atoms with Crippen LogP contribution in [-0.4, -0.2) is 18.9 Å². The molecule has 0 aliphatic carbocycles. The highest BCUT2D eigenvalue weighted by Crippen LogP contribution is 2.56. The summed E-state index contributed by atoms with van der Waals surface area (Å²) >= 11 is 12.3. The molecule has 5 heteroatoms. The molecule has 1 aliphatic heterocycles. The first-order valence-electron chi connectivity index (χ1n) is 6.18. The van der Waals surface area contributed by atoms with E-state index in [2.05, 4.69) is 0 Å². The molecule has 0 aromatic heterocycles. The quantitative estimate of drug-likeness (QED) is 0.772. The fourth-order valence-corrected chi connectivity index (χ4v) is 5.56. The number of rotatable bonds is 1. The van der Waals surface area contributed by atoms with Gasteiger partial charge in [0.15, 0.2) is 9.84 Å². The summed E-state index contributed by atoms with van der Waals surface area (Å²) < 4.78 is 24.0. The highest BCUT2D eigenvalue weighted by molar-refractivity contribution is 7.93. The fourth-order valence-electron chi connectivity index (χ4n) is 2.72. The maximum atomic E-state index is 12.4. The molecule has 1 saturated heterocycles. The van der Waals surface area contributed by atoms with E-state index in [0.717, 1.165) is 5.56 Å². The lowest BCUT2D eigenvalue weighted by atomic mass is 9.69. The minimum absolute atomic E-state index is 0.118. The van der Waals surface area contributed by atoms with Crippen LogP contribution in [0.5, 0.6) is 0 Å². The van der Waals surface area contributed by atoms with Gasteiger partial charge < -0.3 is 0 Å². The van der Waals surface area contributed by atoms with Gasteiger partial charge in [0, 0.05) is 5.92 Å². The standard InChI is InChI=1S/C14H18Cl2O2S/c1-13(2)10(8-19(17,18)14(13,3)4)9-6-5-7-11(15)12(9)16/h5-7,10H,8H2,1-4H3. The Morgan fingerprint density at radius 2 is 1.74 bits per heavy atom. The minimum atomic E-state index is -3.16. The van der Waals surface area contributed by atoms with Crippen LogP contribution in [0.4, 0.5) is 0 Å². The van der Waals surface area contributed by atoms with E-state index >= 15 is 0 Å². The van der Waals surface area contributed by atoms with Gasteiger partial charge in [-0.15, -0.1) is 0 Å². The van der Waals surface area contributed by atoms with Crippen LogP contribution >= 0.6 is 23.2 Å². The van der Waals surface area contributed by atoms with Crippen molar-refractivity contribution in [2.75, 3.05) is 5.75 Å². The maximum Gasteiger partial charge on any atom is 0.156 e. The summed E-state index contributed by atoms with van der Waals surface area (Å²) in [4.78, 5) is 0. The Hall–Kier alpha value is -0.250. The number of benzene rings is 1. The number of halogens is 2. The zero-order valence-corrected chi connectivity index (χ0v) is 13.8. The van der Waals surface area contributed by atoms with Crippen LogP contribution in [0.2, 0.25) is 10.0 Å². The molecule has 1 aliphatic rings. The average Bonchev–Trinajstić information content (AvgIpc) is 2.40. The zero-order valence-electron chi connectivity index (χ0n) is 11.5. The Morgan fingerprint density at radius 3 is 2.21 bits per heavy atom. The monoisotopic (exact) mass is 320 g/mol. The number of sulfone groups is 1. The van der Waals surface area contributed by atoms with Crippen LogP contribution < -0.4 is 0 Å². The zero-order chi connectivity index (χ0) is 14.6. The lowest BCUT2D eigenvalue weighted by Gasteiger charge is -2.37. The van der Waals surface area contributed by atoms with Gasteiger partial charge in [0.2, 0.25) is 0 Å². The van der Waals surface area contributed by atoms with Crippen LogP contribution in [0.25, 0.3) is 0 Å². The fraction of sp³-hybridized carbons (Fsp3) is 0.571. The van der Waals surface area contributed by atoms with Crippen molar-refractivity contribution < 1.29 is 8.42 Å².